The van der Waals surface area contributed by atoms with Crippen LogP contribution in [0.2, 0.25) is 14.3 Å². The van der Waals surface area contributed by atoms with Crippen molar-refractivity contribution in [3.05, 3.63) is 35.4 Å². The van der Waals surface area contributed by atoms with Crippen molar-refractivity contribution in [1.82, 2.24) is 0 Å². The first kappa shape index (κ1) is 31.2. The molecule has 0 aliphatic heterocycles. The van der Waals surface area contributed by atoms with Gasteiger partial charge in [0.15, 0.2) is 0 Å². The molecule has 1 aromatic carbocycles. The average molecular weight is 513 g/mol. The molecule has 0 amide bonds. The fourth-order valence-electron chi connectivity index (χ4n) is 3.26. The molecule has 1 nitrogen and oxygen atoms in total. The molecule has 1 rings (SSSR count). The second kappa shape index (κ2) is 16.6. The standard InChI is InChI=1S/C21H35O.2C2H6.2CH3.Sn.H/c1-8-13-22-16-18-11-9-17(10-12-18)14-19(21(5,6)7)15-20(2,3)4;2*1-2;;;;/h9-12,19H,1,8,13-16H2,2-7H3;2*1-2H3;2*1H3;;. The Morgan fingerprint density at radius 1 is 0.828 bits per heavy atom. The molecule has 2 heteroatoms. The van der Waals surface area contributed by atoms with Crippen LogP contribution in [0.15, 0.2) is 24.3 Å². The van der Waals surface area contributed by atoms with E-state index in [2.05, 4.69) is 75.7 Å². The van der Waals surface area contributed by atoms with Crippen molar-refractivity contribution >= 4 is 19.8 Å². The molecule has 1 aromatic rings. The SMILES string of the molecule is CC.CC.[CH3][SnH]([CH3])[CH2]CCOCc1ccc(CC(CC(C)(C)C)C(C)(C)C)cc1. The predicted octanol–water partition coefficient (Wildman–Crippen LogP) is 8.77. The Morgan fingerprint density at radius 2 is 1.31 bits per heavy atom. The maximum atomic E-state index is 5.84. The zero-order valence-corrected chi connectivity index (χ0v) is 25.4. The summed E-state index contributed by atoms with van der Waals surface area (Å²) in [7, 11) is 0. The van der Waals surface area contributed by atoms with Gasteiger partial charge in [0.2, 0.25) is 0 Å². The van der Waals surface area contributed by atoms with Crippen LogP contribution in [0.5, 0.6) is 0 Å². The van der Waals surface area contributed by atoms with Crippen molar-refractivity contribution in [1.29, 1.82) is 0 Å². The molecule has 0 aromatic heterocycles. The van der Waals surface area contributed by atoms with Gasteiger partial charge < -0.3 is 0 Å². The van der Waals surface area contributed by atoms with Gasteiger partial charge in [0.25, 0.3) is 0 Å². The quantitative estimate of drug-likeness (QED) is 0.237. The van der Waals surface area contributed by atoms with Crippen LogP contribution >= 0.6 is 0 Å². The molecule has 0 N–H and O–H groups in total. The summed E-state index contributed by atoms with van der Waals surface area (Å²) < 4.78 is 7.31. The summed E-state index contributed by atoms with van der Waals surface area (Å²) in [6.45, 7) is 23.9. The van der Waals surface area contributed by atoms with E-state index < -0.39 is 19.8 Å². The molecule has 0 saturated carbocycles. The van der Waals surface area contributed by atoms with E-state index in [1.54, 1.807) is 0 Å². The van der Waals surface area contributed by atoms with Crippen molar-refractivity contribution in [2.75, 3.05) is 6.61 Å². The summed E-state index contributed by atoms with van der Waals surface area (Å²) >= 11 is -1.03. The van der Waals surface area contributed by atoms with Gasteiger partial charge in [0.1, 0.15) is 0 Å². The third kappa shape index (κ3) is 17.4. The second-order valence-electron chi connectivity index (χ2n) is 10.4. The van der Waals surface area contributed by atoms with Crippen molar-refractivity contribution in [2.24, 2.45) is 16.7 Å². The topological polar surface area (TPSA) is 9.23 Å². The van der Waals surface area contributed by atoms with E-state index in [1.165, 1.54) is 34.8 Å². The van der Waals surface area contributed by atoms with E-state index in [-0.39, 0.29) is 0 Å². The summed E-state index contributed by atoms with van der Waals surface area (Å²) in [6, 6.07) is 9.14. The van der Waals surface area contributed by atoms with E-state index in [0.29, 0.717) is 16.7 Å². The van der Waals surface area contributed by atoms with Gasteiger partial charge in [-0.15, -0.1) is 0 Å². The van der Waals surface area contributed by atoms with Crippen LogP contribution in [0.4, 0.5) is 0 Å². The van der Waals surface area contributed by atoms with Crippen molar-refractivity contribution in [3.63, 3.8) is 0 Å². The van der Waals surface area contributed by atoms with Gasteiger partial charge in [-0.25, -0.2) is 0 Å². The average Bonchev–Trinajstić information content (AvgIpc) is 2.63. The molecule has 0 spiro atoms. The first-order chi connectivity index (χ1) is 13.5. The molecule has 0 radical (unpaired) electrons. The molecule has 29 heavy (non-hydrogen) atoms. The Balaban J connectivity index is 0. The number of ether oxygens (including phenoxy) is 1. The van der Waals surface area contributed by atoms with Crippen molar-refractivity contribution < 1.29 is 4.74 Å². The third-order valence-electron chi connectivity index (χ3n) is 4.93. The minimum atomic E-state index is -1.03. The first-order valence-corrected chi connectivity index (χ1v) is 21.0. The molecule has 0 heterocycles. The van der Waals surface area contributed by atoms with Crippen LogP contribution in [0, 0.1) is 16.7 Å². The number of hydrogen-bond donors (Lipinski definition) is 0. The van der Waals surface area contributed by atoms with Gasteiger partial charge in [-0.1, -0.05) is 69.2 Å². The normalized spacial score (nSPS) is 12.6. The van der Waals surface area contributed by atoms with Gasteiger partial charge in [-0.3, -0.25) is 0 Å². The monoisotopic (exact) mass is 514 g/mol. The molecule has 1 unspecified atom stereocenters. The van der Waals surface area contributed by atoms with E-state index in [1.807, 2.05) is 27.7 Å². The number of benzene rings is 1. The Labute approximate surface area is 192 Å². The van der Waals surface area contributed by atoms with Gasteiger partial charge >= 0.3 is 118 Å². The maximum absolute atomic E-state index is 5.84. The fraction of sp³-hybridized carbons (Fsp3) is 0.778. The molecule has 1 atom stereocenters. The van der Waals surface area contributed by atoms with Crippen molar-refractivity contribution in [3.8, 4) is 0 Å². The molecule has 0 bridgehead atoms. The zero-order chi connectivity index (χ0) is 23.1. The molecular formula is C27H54OSn. The zero-order valence-electron chi connectivity index (χ0n) is 22.1. The Kier molecular flexibility index (Phi) is 17.9. The predicted molar refractivity (Wildman–Crippen MR) is 138 cm³/mol. The van der Waals surface area contributed by atoms with Crippen molar-refractivity contribution in [2.45, 2.75) is 109 Å². The summed E-state index contributed by atoms with van der Waals surface area (Å²) in [5.41, 5.74) is 3.49. The Hall–Kier alpha value is -0.0213. The van der Waals surface area contributed by atoms with E-state index in [4.69, 9.17) is 4.74 Å². The molecule has 172 valence electrons. The van der Waals surface area contributed by atoms with Gasteiger partial charge in [0.05, 0.1) is 0 Å². The van der Waals surface area contributed by atoms with E-state index in [0.717, 1.165) is 13.2 Å². The molecule has 0 saturated heterocycles. The molecule has 0 fully saturated rings. The first-order valence-electron chi connectivity index (χ1n) is 12.1. The van der Waals surface area contributed by atoms with Gasteiger partial charge in [-0.05, 0) is 5.41 Å². The number of hydrogen-bond acceptors (Lipinski definition) is 1. The summed E-state index contributed by atoms with van der Waals surface area (Å²) in [5, 5.41) is 0. The van der Waals surface area contributed by atoms with Crippen LogP contribution in [0.1, 0.15) is 93.2 Å². The molecule has 0 aliphatic rings. The van der Waals surface area contributed by atoms with Crippen LogP contribution in [-0.2, 0) is 17.8 Å². The Bertz CT molecular complexity index is 477. The van der Waals surface area contributed by atoms with Crippen LogP contribution in [0.3, 0.4) is 0 Å². The van der Waals surface area contributed by atoms with Crippen LogP contribution in [-0.4, -0.2) is 26.4 Å². The van der Waals surface area contributed by atoms with Gasteiger partial charge in [-0.2, -0.15) is 0 Å². The van der Waals surface area contributed by atoms with Gasteiger partial charge in [0, 0.05) is 0 Å². The Morgan fingerprint density at radius 3 is 1.72 bits per heavy atom. The second-order valence-corrected chi connectivity index (χ2v) is 20.0. The van der Waals surface area contributed by atoms with E-state index >= 15 is 0 Å². The van der Waals surface area contributed by atoms with E-state index in [9.17, 15) is 0 Å². The fourth-order valence-corrected chi connectivity index (χ4v) is 6.07. The van der Waals surface area contributed by atoms with Crippen LogP contribution < -0.4 is 0 Å². The number of rotatable bonds is 9. The summed E-state index contributed by atoms with van der Waals surface area (Å²) in [5.74, 6) is 0.705. The molecular weight excluding hydrogens is 459 g/mol. The third-order valence-corrected chi connectivity index (χ3v) is 9.39. The van der Waals surface area contributed by atoms with Crippen LogP contribution in [0.25, 0.3) is 0 Å². The minimum absolute atomic E-state index is 0.344. The summed E-state index contributed by atoms with van der Waals surface area (Å²) in [6.07, 6.45) is 3.69. The summed E-state index contributed by atoms with van der Waals surface area (Å²) in [4.78, 5) is 4.95. The molecule has 0 aliphatic carbocycles.